The Balaban J connectivity index is 2.61. The molecule has 0 spiro atoms. The summed E-state index contributed by atoms with van der Waals surface area (Å²) < 4.78 is 1.59. The summed E-state index contributed by atoms with van der Waals surface area (Å²) in [4.78, 5) is 7.78. The number of aromatic nitrogens is 2. The van der Waals surface area contributed by atoms with Crippen LogP contribution in [0, 0.1) is 11.3 Å². The zero-order valence-corrected chi connectivity index (χ0v) is 10.3. The Morgan fingerprint density at radius 1 is 1.53 bits per heavy atom. The number of aliphatic imine (C=N–C) groups is 1. The van der Waals surface area contributed by atoms with Crippen LogP contribution in [0.25, 0.3) is 0 Å². The molecule has 0 saturated heterocycles. The fourth-order valence-electron chi connectivity index (χ4n) is 1.51. The summed E-state index contributed by atoms with van der Waals surface area (Å²) in [7, 11) is 1.72. The van der Waals surface area contributed by atoms with Crippen LogP contribution in [0.4, 0.5) is 5.82 Å². The van der Waals surface area contributed by atoms with Gasteiger partial charge in [0.25, 0.3) is 0 Å². The third kappa shape index (κ3) is 3.91. The minimum Gasteiger partial charge on any atom is -0.862 e. The smallest absolute Gasteiger partial charge is 0.185 e. The van der Waals surface area contributed by atoms with Gasteiger partial charge in [-0.2, -0.15) is 5.26 Å². The first-order valence-corrected chi connectivity index (χ1v) is 5.85. The van der Waals surface area contributed by atoms with Gasteiger partial charge in [-0.1, -0.05) is 26.2 Å². The molecule has 5 nitrogen and oxygen atoms in total. The molecule has 0 aliphatic heterocycles. The van der Waals surface area contributed by atoms with Crippen LogP contribution in [-0.2, 0) is 7.05 Å². The van der Waals surface area contributed by atoms with Crippen molar-refractivity contribution in [3.63, 3.8) is 0 Å². The Bertz CT molecular complexity index is 428. The first kappa shape index (κ1) is 13.2. The molecular formula is C12H17N4O-. The number of nitrogens with zero attached hydrogens (tertiary/aromatic N) is 4. The molecule has 1 aromatic heterocycles. The number of nitriles is 1. The van der Waals surface area contributed by atoms with E-state index in [1.54, 1.807) is 11.6 Å². The lowest BCUT2D eigenvalue weighted by atomic mass is 10.1. The van der Waals surface area contributed by atoms with E-state index in [1.165, 1.54) is 6.33 Å². The van der Waals surface area contributed by atoms with Gasteiger partial charge in [-0.3, -0.25) is 0 Å². The molecule has 1 rings (SSSR count). The van der Waals surface area contributed by atoms with Gasteiger partial charge in [0, 0.05) is 7.05 Å². The predicted molar refractivity (Wildman–Crippen MR) is 63.8 cm³/mol. The lowest BCUT2D eigenvalue weighted by Crippen LogP contribution is -2.17. The summed E-state index contributed by atoms with van der Waals surface area (Å²) in [5.41, 5.74) is 0.203. The van der Waals surface area contributed by atoms with Gasteiger partial charge in [-0.15, -0.1) is 0 Å². The maximum absolute atomic E-state index is 11.6. The van der Waals surface area contributed by atoms with Crippen LogP contribution in [0.3, 0.4) is 0 Å². The van der Waals surface area contributed by atoms with Gasteiger partial charge in [-0.25, -0.2) is 9.98 Å². The second kappa shape index (κ2) is 6.69. The van der Waals surface area contributed by atoms with E-state index in [2.05, 4.69) is 16.9 Å². The molecule has 0 radical (unpaired) electrons. The molecule has 0 amide bonds. The summed E-state index contributed by atoms with van der Waals surface area (Å²) >= 11 is 0. The average molecular weight is 233 g/mol. The monoisotopic (exact) mass is 233 g/mol. The Labute approximate surface area is 101 Å². The van der Waals surface area contributed by atoms with E-state index in [-0.39, 0.29) is 11.6 Å². The average Bonchev–Trinajstić information content (AvgIpc) is 2.66. The number of rotatable bonds is 6. The fourth-order valence-corrected chi connectivity index (χ4v) is 1.51. The number of hydrogen-bond donors (Lipinski definition) is 0. The van der Waals surface area contributed by atoms with Crippen molar-refractivity contribution >= 4 is 11.7 Å². The number of aryl methyl sites for hydroxylation is 1. The second-order valence-electron chi connectivity index (χ2n) is 3.96. The van der Waals surface area contributed by atoms with Crippen molar-refractivity contribution in [2.45, 2.75) is 39.0 Å². The molecule has 0 fully saturated rings. The van der Waals surface area contributed by atoms with Crippen molar-refractivity contribution < 1.29 is 5.11 Å². The topological polar surface area (TPSA) is 77.0 Å². The maximum atomic E-state index is 11.6. The zero-order chi connectivity index (χ0) is 12.7. The first-order chi connectivity index (χ1) is 8.19. The van der Waals surface area contributed by atoms with E-state index in [9.17, 15) is 5.11 Å². The van der Waals surface area contributed by atoms with Crippen LogP contribution in [0.15, 0.2) is 11.3 Å². The van der Waals surface area contributed by atoms with Crippen LogP contribution in [-0.4, -0.2) is 15.4 Å². The van der Waals surface area contributed by atoms with Crippen molar-refractivity contribution in [1.82, 2.24) is 9.55 Å². The Hall–Kier alpha value is -1.83. The van der Waals surface area contributed by atoms with Gasteiger partial charge in [0.05, 0.1) is 6.33 Å². The highest BCUT2D eigenvalue weighted by Gasteiger charge is 2.05. The Kier molecular flexibility index (Phi) is 5.21. The Morgan fingerprint density at radius 3 is 2.94 bits per heavy atom. The summed E-state index contributed by atoms with van der Waals surface area (Å²) in [5, 5.41) is 20.4. The fraction of sp³-hybridized carbons (Fsp3) is 0.583. The number of unbranched alkanes of at least 4 members (excludes halogenated alkanes) is 3. The summed E-state index contributed by atoms with van der Waals surface area (Å²) in [6.45, 7) is 2.13. The SMILES string of the molecule is CCCCCC/C([O-])=N\c1c(C#N)ncn1C. The molecule has 0 aromatic carbocycles. The van der Waals surface area contributed by atoms with Crippen LogP contribution >= 0.6 is 0 Å². The first-order valence-electron chi connectivity index (χ1n) is 5.85. The predicted octanol–water partition coefficient (Wildman–Crippen LogP) is 1.65. The van der Waals surface area contributed by atoms with Gasteiger partial charge in [0.2, 0.25) is 0 Å². The largest absolute Gasteiger partial charge is 0.862 e. The van der Waals surface area contributed by atoms with Crippen LogP contribution in [0.5, 0.6) is 0 Å². The van der Waals surface area contributed by atoms with Gasteiger partial charge in [0.15, 0.2) is 11.5 Å². The van der Waals surface area contributed by atoms with E-state index in [4.69, 9.17) is 5.26 Å². The highest BCUT2D eigenvalue weighted by molar-refractivity contribution is 5.75. The van der Waals surface area contributed by atoms with Crippen molar-refractivity contribution in [1.29, 1.82) is 5.26 Å². The van der Waals surface area contributed by atoms with E-state index >= 15 is 0 Å². The van der Waals surface area contributed by atoms with Crippen molar-refractivity contribution in [3.05, 3.63) is 12.0 Å². The third-order valence-electron chi connectivity index (χ3n) is 2.49. The van der Waals surface area contributed by atoms with Gasteiger partial charge in [0.1, 0.15) is 6.07 Å². The lowest BCUT2D eigenvalue weighted by Gasteiger charge is -2.10. The molecule has 0 unspecified atom stereocenters. The number of imidazole rings is 1. The van der Waals surface area contributed by atoms with E-state index in [0.717, 1.165) is 25.7 Å². The molecule has 1 heterocycles. The number of hydrogen-bond acceptors (Lipinski definition) is 4. The van der Waals surface area contributed by atoms with Crippen LogP contribution in [0.2, 0.25) is 0 Å². The summed E-state index contributed by atoms with van der Waals surface area (Å²) in [6, 6.07) is 1.92. The minimum atomic E-state index is -0.179. The highest BCUT2D eigenvalue weighted by atomic mass is 16.3. The minimum absolute atomic E-state index is 0.179. The second-order valence-corrected chi connectivity index (χ2v) is 3.96. The van der Waals surface area contributed by atoms with Crippen LogP contribution < -0.4 is 5.11 Å². The molecule has 92 valence electrons. The third-order valence-corrected chi connectivity index (χ3v) is 2.49. The molecule has 17 heavy (non-hydrogen) atoms. The zero-order valence-electron chi connectivity index (χ0n) is 10.3. The van der Waals surface area contributed by atoms with E-state index < -0.39 is 0 Å². The van der Waals surface area contributed by atoms with Crippen LogP contribution in [0.1, 0.15) is 44.7 Å². The summed E-state index contributed by atoms with van der Waals surface area (Å²) in [5.74, 6) is 0.175. The molecule has 5 heteroatoms. The Morgan fingerprint density at radius 2 is 2.29 bits per heavy atom. The molecule has 0 atom stereocenters. The molecule has 0 saturated carbocycles. The quantitative estimate of drug-likeness (QED) is 0.426. The van der Waals surface area contributed by atoms with Gasteiger partial charge in [-0.05, 0) is 18.7 Å². The molecule has 0 N–H and O–H groups in total. The van der Waals surface area contributed by atoms with E-state index in [0.29, 0.717) is 12.2 Å². The highest BCUT2D eigenvalue weighted by Crippen LogP contribution is 2.16. The summed E-state index contributed by atoms with van der Waals surface area (Å²) in [6.07, 6.45) is 6.12. The maximum Gasteiger partial charge on any atom is 0.185 e. The van der Waals surface area contributed by atoms with Crippen molar-refractivity contribution in [2.75, 3.05) is 0 Å². The standard InChI is InChI=1S/C12H18N4O/c1-3-4-5-6-7-11(17)15-12-10(8-13)14-9-16(12)2/h9H,3-7H2,1-2H3,(H,15,17)/p-1. The molecular weight excluding hydrogens is 216 g/mol. The molecule has 1 aromatic rings. The van der Waals surface area contributed by atoms with Gasteiger partial charge >= 0.3 is 0 Å². The molecule has 0 aliphatic carbocycles. The normalized spacial score (nSPS) is 11.5. The van der Waals surface area contributed by atoms with Gasteiger partial charge < -0.3 is 9.67 Å². The lowest BCUT2D eigenvalue weighted by molar-refractivity contribution is -0.218. The van der Waals surface area contributed by atoms with Crippen molar-refractivity contribution in [2.24, 2.45) is 12.0 Å². The van der Waals surface area contributed by atoms with Crippen molar-refractivity contribution in [3.8, 4) is 6.07 Å². The molecule has 0 aliphatic rings. The van der Waals surface area contributed by atoms with E-state index in [1.807, 2.05) is 6.07 Å². The molecule has 0 bridgehead atoms.